The Morgan fingerprint density at radius 2 is 2.00 bits per heavy atom. The summed E-state index contributed by atoms with van der Waals surface area (Å²) in [6.45, 7) is 0. The maximum Gasteiger partial charge on any atom is 0.354 e. The number of carboxylic acids is 1. The first-order chi connectivity index (χ1) is 8.15. The lowest BCUT2D eigenvalue weighted by Crippen LogP contribution is -2.00. The minimum atomic E-state index is -1.07. The Morgan fingerprint density at radius 3 is 2.71 bits per heavy atom. The van der Waals surface area contributed by atoms with Gasteiger partial charge in [-0.1, -0.05) is 12.1 Å². The molecular formula is C12H8INO3. The summed E-state index contributed by atoms with van der Waals surface area (Å²) in [5, 5.41) is 8.80. The minimum absolute atomic E-state index is 0.0341. The summed E-state index contributed by atoms with van der Waals surface area (Å²) in [6, 6.07) is 12.1. The molecule has 2 aromatic rings. The van der Waals surface area contributed by atoms with Crippen LogP contribution in [0.25, 0.3) is 0 Å². The fourth-order valence-electron chi connectivity index (χ4n) is 1.24. The monoisotopic (exact) mass is 341 g/mol. The molecule has 0 atom stereocenters. The second-order valence-electron chi connectivity index (χ2n) is 3.23. The lowest BCUT2D eigenvalue weighted by atomic mass is 10.3. The number of halogens is 1. The van der Waals surface area contributed by atoms with Crippen LogP contribution < -0.4 is 4.74 Å². The quantitative estimate of drug-likeness (QED) is 0.872. The van der Waals surface area contributed by atoms with E-state index in [4.69, 9.17) is 9.84 Å². The lowest BCUT2D eigenvalue weighted by molar-refractivity contribution is 0.0689. The number of rotatable bonds is 3. The van der Waals surface area contributed by atoms with Crippen molar-refractivity contribution in [2.75, 3.05) is 0 Å². The molecule has 2 rings (SSSR count). The largest absolute Gasteiger partial charge is 0.477 e. The van der Waals surface area contributed by atoms with Gasteiger partial charge in [-0.2, -0.15) is 0 Å². The molecule has 0 aliphatic heterocycles. The van der Waals surface area contributed by atoms with Gasteiger partial charge in [-0.25, -0.2) is 9.78 Å². The molecule has 0 radical (unpaired) electrons. The highest BCUT2D eigenvalue weighted by atomic mass is 127. The van der Waals surface area contributed by atoms with Crippen LogP contribution in [0.2, 0.25) is 0 Å². The van der Waals surface area contributed by atoms with Gasteiger partial charge in [0.2, 0.25) is 5.88 Å². The van der Waals surface area contributed by atoms with Gasteiger partial charge in [0.25, 0.3) is 0 Å². The number of aromatic nitrogens is 1. The molecule has 1 N–H and O–H groups in total. The number of carboxylic acid groups (broad SMARTS) is 1. The van der Waals surface area contributed by atoms with E-state index in [1.54, 1.807) is 18.2 Å². The minimum Gasteiger partial charge on any atom is -0.477 e. The predicted octanol–water partition coefficient (Wildman–Crippen LogP) is 3.18. The maximum atomic E-state index is 10.7. The van der Waals surface area contributed by atoms with Gasteiger partial charge in [-0.15, -0.1) is 0 Å². The second-order valence-corrected chi connectivity index (χ2v) is 4.47. The number of nitrogens with zero attached hydrogens (tertiary/aromatic N) is 1. The van der Waals surface area contributed by atoms with Crippen molar-refractivity contribution in [3.8, 4) is 11.6 Å². The van der Waals surface area contributed by atoms with Gasteiger partial charge in [-0.3, -0.25) is 0 Å². The number of pyridine rings is 1. The van der Waals surface area contributed by atoms with Crippen molar-refractivity contribution in [1.82, 2.24) is 4.98 Å². The van der Waals surface area contributed by atoms with Crippen molar-refractivity contribution in [3.63, 3.8) is 0 Å². The van der Waals surface area contributed by atoms with Crippen LogP contribution in [0.5, 0.6) is 11.6 Å². The van der Waals surface area contributed by atoms with Crippen molar-refractivity contribution < 1.29 is 14.6 Å². The Hall–Kier alpha value is -1.63. The van der Waals surface area contributed by atoms with E-state index in [1.165, 1.54) is 6.07 Å². The number of carbonyl (C=O) groups is 1. The van der Waals surface area contributed by atoms with Crippen molar-refractivity contribution in [2.24, 2.45) is 0 Å². The SMILES string of the molecule is O=C(O)c1cccc(Oc2cccc(I)c2)n1. The zero-order chi connectivity index (χ0) is 12.3. The van der Waals surface area contributed by atoms with Crippen molar-refractivity contribution in [2.45, 2.75) is 0 Å². The van der Waals surface area contributed by atoms with Crippen LogP contribution in [-0.2, 0) is 0 Å². The Kier molecular flexibility index (Phi) is 3.58. The van der Waals surface area contributed by atoms with E-state index < -0.39 is 5.97 Å². The molecule has 0 aliphatic carbocycles. The lowest BCUT2D eigenvalue weighted by Gasteiger charge is -2.05. The smallest absolute Gasteiger partial charge is 0.354 e. The van der Waals surface area contributed by atoms with Crippen LogP contribution in [0, 0.1) is 3.57 Å². The Balaban J connectivity index is 2.24. The summed E-state index contributed by atoms with van der Waals surface area (Å²) in [6.07, 6.45) is 0. The highest BCUT2D eigenvalue weighted by Crippen LogP contribution is 2.21. The first kappa shape index (κ1) is 11.8. The molecular weight excluding hydrogens is 333 g/mol. The van der Waals surface area contributed by atoms with Gasteiger partial charge in [0, 0.05) is 9.64 Å². The first-order valence-corrected chi connectivity index (χ1v) is 5.87. The fourth-order valence-corrected chi connectivity index (χ4v) is 1.76. The van der Waals surface area contributed by atoms with Crippen LogP contribution in [0.4, 0.5) is 0 Å². The van der Waals surface area contributed by atoms with E-state index in [1.807, 2.05) is 18.2 Å². The average Bonchev–Trinajstić information content (AvgIpc) is 2.29. The van der Waals surface area contributed by atoms with E-state index in [0.717, 1.165) is 3.57 Å². The summed E-state index contributed by atoms with van der Waals surface area (Å²) in [5.41, 5.74) is -0.0341. The van der Waals surface area contributed by atoms with Crippen LogP contribution in [0.3, 0.4) is 0 Å². The molecule has 0 bridgehead atoms. The van der Waals surface area contributed by atoms with E-state index in [2.05, 4.69) is 27.6 Å². The van der Waals surface area contributed by atoms with Gasteiger partial charge in [0.15, 0.2) is 5.69 Å². The van der Waals surface area contributed by atoms with Gasteiger partial charge in [0.1, 0.15) is 5.75 Å². The van der Waals surface area contributed by atoms with E-state index >= 15 is 0 Å². The average molecular weight is 341 g/mol. The number of hydrogen-bond acceptors (Lipinski definition) is 3. The van der Waals surface area contributed by atoms with Crippen LogP contribution in [0.15, 0.2) is 42.5 Å². The summed E-state index contributed by atoms with van der Waals surface area (Å²) in [5.74, 6) is -0.170. The summed E-state index contributed by atoms with van der Waals surface area (Å²) in [7, 11) is 0. The number of hydrogen-bond donors (Lipinski definition) is 1. The highest BCUT2D eigenvalue weighted by molar-refractivity contribution is 14.1. The normalized spacial score (nSPS) is 9.94. The molecule has 0 saturated heterocycles. The van der Waals surface area contributed by atoms with Crippen molar-refractivity contribution in [3.05, 3.63) is 51.7 Å². The molecule has 1 aromatic carbocycles. The molecule has 0 spiro atoms. The Labute approximate surface area is 111 Å². The summed E-state index contributed by atoms with van der Waals surface area (Å²) in [4.78, 5) is 14.6. The van der Waals surface area contributed by atoms with Gasteiger partial charge < -0.3 is 9.84 Å². The molecule has 5 heteroatoms. The zero-order valence-corrected chi connectivity index (χ0v) is 10.8. The predicted molar refractivity (Wildman–Crippen MR) is 70.4 cm³/mol. The van der Waals surface area contributed by atoms with Crippen molar-refractivity contribution in [1.29, 1.82) is 0 Å². The van der Waals surface area contributed by atoms with Gasteiger partial charge in [-0.05, 0) is 46.9 Å². The van der Waals surface area contributed by atoms with Crippen LogP contribution >= 0.6 is 22.6 Å². The molecule has 1 heterocycles. The van der Waals surface area contributed by atoms with Gasteiger partial charge >= 0.3 is 5.97 Å². The third kappa shape index (κ3) is 3.16. The molecule has 17 heavy (non-hydrogen) atoms. The third-order valence-electron chi connectivity index (χ3n) is 1.96. The van der Waals surface area contributed by atoms with E-state index in [9.17, 15) is 4.79 Å². The standard InChI is InChI=1S/C12H8INO3/c13-8-3-1-4-9(7-8)17-11-6-2-5-10(14-11)12(15)16/h1-7H,(H,15,16). The third-order valence-corrected chi connectivity index (χ3v) is 2.63. The molecule has 0 saturated carbocycles. The molecule has 0 amide bonds. The summed E-state index contributed by atoms with van der Waals surface area (Å²) < 4.78 is 6.51. The second kappa shape index (κ2) is 5.13. The Morgan fingerprint density at radius 1 is 1.24 bits per heavy atom. The highest BCUT2D eigenvalue weighted by Gasteiger charge is 2.06. The van der Waals surface area contributed by atoms with Crippen molar-refractivity contribution >= 4 is 28.6 Å². The number of ether oxygens (including phenoxy) is 1. The van der Waals surface area contributed by atoms with E-state index in [0.29, 0.717) is 5.75 Å². The fraction of sp³-hybridized carbons (Fsp3) is 0. The molecule has 1 aromatic heterocycles. The van der Waals surface area contributed by atoms with Crippen LogP contribution in [-0.4, -0.2) is 16.1 Å². The first-order valence-electron chi connectivity index (χ1n) is 4.79. The molecule has 86 valence electrons. The maximum absolute atomic E-state index is 10.7. The number of aromatic carboxylic acids is 1. The molecule has 4 nitrogen and oxygen atoms in total. The molecule has 0 aliphatic rings. The van der Waals surface area contributed by atoms with Gasteiger partial charge in [0.05, 0.1) is 0 Å². The molecule has 0 fully saturated rings. The van der Waals surface area contributed by atoms with Crippen LogP contribution in [0.1, 0.15) is 10.5 Å². The number of benzene rings is 1. The topological polar surface area (TPSA) is 59.4 Å². The molecule has 0 unspecified atom stereocenters. The zero-order valence-electron chi connectivity index (χ0n) is 8.63. The summed E-state index contributed by atoms with van der Waals surface area (Å²) >= 11 is 2.17. The Bertz CT molecular complexity index is 557. The van der Waals surface area contributed by atoms with E-state index in [-0.39, 0.29) is 11.6 Å².